The van der Waals surface area contributed by atoms with E-state index in [9.17, 15) is 9.59 Å². The fourth-order valence-electron chi connectivity index (χ4n) is 1.77. The first-order valence-electron chi connectivity index (χ1n) is 6.44. The summed E-state index contributed by atoms with van der Waals surface area (Å²) in [5.74, 6) is 11.0. The van der Waals surface area contributed by atoms with Crippen molar-refractivity contribution in [1.29, 1.82) is 0 Å². The van der Waals surface area contributed by atoms with Crippen LogP contribution >= 0.6 is 0 Å². The van der Waals surface area contributed by atoms with E-state index in [0.29, 0.717) is 0 Å². The van der Waals surface area contributed by atoms with Crippen LogP contribution in [-0.2, 0) is 0 Å². The van der Waals surface area contributed by atoms with Gasteiger partial charge in [0, 0.05) is 12.1 Å². The molecule has 0 rings (SSSR count). The van der Waals surface area contributed by atoms with Crippen molar-refractivity contribution in [2.24, 2.45) is 23.2 Å². The number of nitrogens with zero attached hydrogens (tertiary/aromatic N) is 2. The monoisotopic (exact) mass is 274 g/mol. The number of carbonyl (C=O) groups is 2. The maximum Gasteiger partial charge on any atom is 0.329 e. The fourth-order valence-corrected chi connectivity index (χ4v) is 1.77. The Kier molecular flexibility index (Phi) is 7.85. The Morgan fingerprint density at radius 3 is 1.42 bits per heavy atom. The zero-order chi connectivity index (χ0) is 15.0. The van der Waals surface area contributed by atoms with Gasteiger partial charge in [-0.15, -0.1) is 0 Å². The van der Waals surface area contributed by atoms with Crippen molar-refractivity contribution in [3.63, 3.8) is 0 Å². The van der Waals surface area contributed by atoms with E-state index < -0.39 is 12.1 Å². The van der Waals surface area contributed by atoms with Crippen LogP contribution in [0.4, 0.5) is 9.59 Å². The molecule has 0 radical (unpaired) electrons. The molecule has 0 aliphatic carbocycles. The molecule has 0 aromatic heterocycles. The molecule has 0 heterocycles. The van der Waals surface area contributed by atoms with Crippen LogP contribution in [0.15, 0.2) is 0 Å². The minimum absolute atomic E-state index is 0.0773. The highest BCUT2D eigenvalue weighted by Crippen LogP contribution is 2.11. The van der Waals surface area contributed by atoms with Gasteiger partial charge in [0.2, 0.25) is 0 Å². The number of urea groups is 2. The van der Waals surface area contributed by atoms with Crippen LogP contribution in [0.5, 0.6) is 0 Å². The summed E-state index contributed by atoms with van der Waals surface area (Å²) in [5.41, 5.74) is 10.1. The molecule has 0 aromatic rings. The Labute approximate surface area is 114 Å². The van der Waals surface area contributed by atoms with Gasteiger partial charge >= 0.3 is 12.1 Å². The molecule has 0 saturated heterocycles. The Bertz CT molecular complexity index is 271. The second-order valence-electron chi connectivity index (χ2n) is 4.83. The van der Waals surface area contributed by atoms with Gasteiger partial charge in [-0.1, -0.05) is 19.3 Å². The Morgan fingerprint density at radius 2 is 1.16 bits per heavy atom. The lowest BCUT2D eigenvalue weighted by molar-refractivity contribution is 0.182. The molecule has 0 spiro atoms. The van der Waals surface area contributed by atoms with Crippen LogP contribution in [0.2, 0.25) is 0 Å². The lowest BCUT2D eigenvalue weighted by Gasteiger charge is -2.23. The quantitative estimate of drug-likeness (QED) is 0.217. The summed E-state index contributed by atoms with van der Waals surface area (Å²) < 4.78 is 0. The Balaban J connectivity index is 3.71. The molecule has 0 saturated carbocycles. The molecule has 0 aromatic carbocycles. The molecular formula is C11H26N6O2. The average molecular weight is 274 g/mol. The van der Waals surface area contributed by atoms with Gasteiger partial charge in [0.1, 0.15) is 0 Å². The first kappa shape index (κ1) is 17.5. The zero-order valence-corrected chi connectivity index (χ0v) is 11.7. The number of hydrogen-bond acceptors (Lipinski definition) is 4. The Hall–Kier alpha value is -1.54. The highest BCUT2D eigenvalue weighted by molar-refractivity contribution is 5.71. The molecule has 2 unspecified atom stereocenters. The summed E-state index contributed by atoms with van der Waals surface area (Å²) in [7, 11) is 0. The van der Waals surface area contributed by atoms with E-state index in [0.717, 1.165) is 42.1 Å². The maximum atomic E-state index is 10.8. The second kappa shape index (κ2) is 8.54. The molecule has 19 heavy (non-hydrogen) atoms. The van der Waals surface area contributed by atoms with Crippen LogP contribution in [0.25, 0.3) is 0 Å². The molecule has 0 aliphatic heterocycles. The molecule has 4 amide bonds. The molecule has 0 fully saturated rings. The highest BCUT2D eigenvalue weighted by atomic mass is 16.2. The summed E-state index contributed by atoms with van der Waals surface area (Å²) in [6, 6.07) is -1.40. The predicted molar refractivity (Wildman–Crippen MR) is 73.2 cm³/mol. The van der Waals surface area contributed by atoms with Gasteiger partial charge in [-0.25, -0.2) is 21.3 Å². The summed E-state index contributed by atoms with van der Waals surface area (Å²) in [5, 5.41) is 2.08. The molecule has 8 N–H and O–H groups in total. The van der Waals surface area contributed by atoms with Gasteiger partial charge in [-0.2, -0.15) is 0 Å². The van der Waals surface area contributed by atoms with Gasteiger partial charge in [0.25, 0.3) is 0 Å². The number of carbonyl (C=O) groups excluding carboxylic acids is 2. The lowest BCUT2D eigenvalue weighted by Crippen LogP contribution is -2.47. The van der Waals surface area contributed by atoms with Crippen LogP contribution < -0.4 is 23.2 Å². The molecule has 8 nitrogen and oxygen atoms in total. The van der Waals surface area contributed by atoms with Crippen LogP contribution in [0.1, 0.15) is 46.0 Å². The number of amides is 4. The molecule has 8 heteroatoms. The topological polar surface area (TPSA) is 145 Å². The normalized spacial score (nSPS) is 13.7. The summed E-state index contributed by atoms with van der Waals surface area (Å²) in [6.45, 7) is 3.70. The third kappa shape index (κ3) is 6.82. The van der Waals surface area contributed by atoms with Gasteiger partial charge in [-0.3, -0.25) is 10.0 Å². The molecule has 0 bridgehead atoms. The standard InChI is InChI=1S/C11H26N6O2/c1-8(16(14)10(12)18)6-4-3-5-7-9(2)17(15)11(13)19/h8-9H,3-7,14-15H2,1-2H3,(H2,12,18)(H2,13,19). The van der Waals surface area contributed by atoms with E-state index in [1.54, 1.807) is 0 Å². The Morgan fingerprint density at radius 1 is 0.842 bits per heavy atom. The van der Waals surface area contributed by atoms with Crippen molar-refractivity contribution in [3.8, 4) is 0 Å². The minimum atomic E-state index is -0.624. The number of primary amides is 2. The van der Waals surface area contributed by atoms with Crippen molar-refractivity contribution < 1.29 is 9.59 Å². The summed E-state index contributed by atoms with van der Waals surface area (Å²) >= 11 is 0. The van der Waals surface area contributed by atoms with Crippen molar-refractivity contribution in [2.45, 2.75) is 58.0 Å². The van der Waals surface area contributed by atoms with Gasteiger partial charge < -0.3 is 11.5 Å². The first-order chi connectivity index (χ1) is 8.77. The van der Waals surface area contributed by atoms with Crippen LogP contribution in [-0.4, -0.2) is 34.2 Å². The molecule has 2 atom stereocenters. The van der Waals surface area contributed by atoms with E-state index in [1.165, 1.54) is 0 Å². The van der Waals surface area contributed by atoms with E-state index in [2.05, 4.69) is 0 Å². The zero-order valence-electron chi connectivity index (χ0n) is 11.7. The smallest absolute Gasteiger partial charge is 0.329 e. The van der Waals surface area contributed by atoms with Gasteiger partial charge in [0.15, 0.2) is 0 Å². The SMILES string of the molecule is CC(CCCCCC(C)N(N)C(N)=O)N(N)C(N)=O. The number of unbranched alkanes of at least 4 members (excludes halogenated alkanes) is 2. The number of rotatable bonds is 8. The lowest BCUT2D eigenvalue weighted by atomic mass is 10.1. The minimum Gasteiger partial charge on any atom is -0.350 e. The van der Waals surface area contributed by atoms with Gasteiger partial charge in [-0.05, 0) is 26.7 Å². The van der Waals surface area contributed by atoms with E-state index in [1.807, 2.05) is 13.8 Å². The summed E-state index contributed by atoms with van der Waals surface area (Å²) in [6.07, 6.45) is 4.39. The first-order valence-corrected chi connectivity index (χ1v) is 6.44. The maximum absolute atomic E-state index is 10.8. The van der Waals surface area contributed by atoms with Crippen molar-refractivity contribution in [2.75, 3.05) is 0 Å². The molecule has 0 aliphatic rings. The molecular weight excluding hydrogens is 248 g/mol. The number of hydrogen-bond donors (Lipinski definition) is 4. The molecule has 112 valence electrons. The van der Waals surface area contributed by atoms with Gasteiger partial charge in [0.05, 0.1) is 0 Å². The van der Waals surface area contributed by atoms with Crippen LogP contribution in [0.3, 0.4) is 0 Å². The van der Waals surface area contributed by atoms with Crippen molar-refractivity contribution in [3.05, 3.63) is 0 Å². The third-order valence-corrected chi connectivity index (χ3v) is 3.20. The largest absolute Gasteiger partial charge is 0.350 e. The second-order valence-corrected chi connectivity index (χ2v) is 4.83. The highest BCUT2D eigenvalue weighted by Gasteiger charge is 2.14. The average Bonchev–Trinajstić information content (AvgIpc) is 2.35. The van der Waals surface area contributed by atoms with E-state index >= 15 is 0 Å². The number of nitrogens with two attached hydrogens (primary N) is 4. The summed E-state index contributed by atoms with van der Waals surface area (Å²) in [4.78, 5) is 21.6. The third-order valence-electron chi connectivity index (χ3n) is 3.20. The van der Waals surface area contributed by atoms with Crippen LogP contribution in [0, 0.1) is 0 Å². The van der Waals surface area contributed by atoms with E-state index in [4.69, 9.17) is 23.2 Å². The fraction of sp³-hybridized carbons (Fsp3) is 0.818. The van der Waals surface area contributed by atoms with Crippen molar-refractivity contribution in [1.82, 2.24) is 10.0 Å². The predicted octanol–water partition coefficient (Wildman–Crippen LogP) is 0.223. The van der Waals surface area contributed by atoms with Crippen molar-refractivity contribution >= 4 is 12.1 Å². The number of hydrazine groups is 2. The van der Waals surface area contributed by atoms with E-state index in [-0.39, 0.29) is 12.1 Å².